The van der Waals surface area contributed by atoms with Gasteiger partial charge in [-0.3, -0.25) is 0 Å². The van der Waals surface area contributed by atoms with Crippen LogP contribution in [0.15, 0.2) is 52.1 Å². The maximum atomic E-state index is 12.6. The minimum atomic E-state index is -3.41. The van der Waals surface area contributed by atoms with Crippen LogP contribution in [0.5, 0.6) is 0 Å². The molecular weight excluding hydrogens is 382 g/mol. The van der Waals surface area contributed by atoms with Gasteiger partial charge in [0.05, 0.1) is 14.6 Å². The average Bonchev–Trinajstić information content (AvgIpc) is 3.33. The summed E-state index contributed by atoms with van der Waals surface area (Å²) < 4.78 is 26.7. The highest BCUT2D eigenvalue weighted by Gasteiger charge is 2.26. The van der Waals surface area contributed by atoms with Crippen LogP contribution in [0.3, 0.4) is 0 Å². The van der Waals surface area contributed by atoms with Crippen LogP contribution < -0.4 is 0 Å². The first-order chi connectivity index (χ1) is 12.6. The van der Waals surface area contributed by atoms with Crippen molar-refractivity contribution < 1.29 is 8.42 Å². The van der Waals surface area contributed by atoms with Gasteiger partial charge in [-0.05, 0) is 52.2 Å². The molecule has 0 saturated carbocycles. The topological polar surface area (TPSA) is 37.4 Å². The predicted molar refractivity (Wildman–Crippen MR) is 111 cm³/mol. The highest BCUT2D eigenvalue weighted by molar-refractivity contribution is 7.89. The van der Waals surface area contributed by atoms with E-state index in [4.69, 9.17) is 0 Å². The summed E-state index contributed by atoms with van der Waals surface area (Å²) in [6, 6.07) is 11.5. The van der Waals surface area contributed by atoms with E-state index >= 15 is 0 Å². The molecule has 6 heteroatoms. The lowest BCUT2D eigenvalue weighted by Gasteiger charge is -2.18. The lowest BCUT2D eigenvalue weighted by atomic mass is 10.0. The van der Waals surface area contributed by atoms with E-state index in [0.29, 0.717) is 18.0 Å². The summed E-state index contributed by atoms with van der Waals surface area (Å²) in [5, 5.41) is 4.25. The first kappa shape index (κ1) is 17.7. The predicted octanol–water partition coefficient (Wildman–Crippen LogP) is 5.41. The molecule has 0 saturated heterocycles. The molecule has 3 aromatic rings. The zero-order chi connectivity index (χ0) is 18.3. The largest absolute Gasteiger partial charge is 0.243 e. The fraction of sp³-hybridized carbons (Fsp3) is 0.200. The molecule has 0 aliphatic heterocycles. The molecule has 1 aliphatic carbocycles. The monoisotopic (exact) mass is 401 g/mol. The van der Waals surface area contributed by atoms with Crippen LogP contribution in [0.25, 0.3) is 21.4 Å². The highest BCUT2D eigenvalue weighted by atomic mass is 32.2. The van der Waals surface area contributed by atoms with Gasteiger partial charge >= 0.3 is 0 Å². The molecule has 4 rings (SSSR count). The number of fused-ring (bicyclic) bond motifs is 3. The molecule has 26 heavy (non-hydrogen) atoms. The Morgan fingerprint density at radius 3 is 1.92 bits per heavy atom. The van der Waals surface area contributed by atoms with Gasteiger partial charge in [0.15, 0.2) is 0 Å². The van der Waals surface area contributed by atoms with E-state index in [0.717, 1.165) is 5.56 Å². The molecule has 0 amide bonds. The number of hydrogen-bond donors (Lipinski definition) is 0. The minimum absolute atomic E-state index is 0.349. The normalized spacial score (nSPS) is 13.1. The van der Waals surface area contributed by atoms with Crippen LogP contribution in [0.4, 0.5) is 0 Å². The maximum Gasteiger partial charge on any atom is 0.243 e. The fourth-order valence-corrected chi connectivity index (χ4v) is 6.78. The van der Waals surface area contributed by atoms with Crippen molar-refractivity contribution in [3.8, 4) is 9.75 Å². The van der Waals surface area contributed by atoms with Crippen LogP contribution in [0.1, 0.15) is 30.5 Å². The number of hydrogen-bond acceptors (Lipinski definition) is 4. The molecule has 1 aliphatic rings. The van der Waals surface area contributed by atoms with Gasteiger partial charge in [0, 0.05) is 24.2 Å². The number of nitrogens with zero attached hydrogens (tertiary/aromatic N) is 1. The lowest BCUT2D eigenvalue weighted by molar-refractivity contribution is 0.445. The molecule has 134 valence electrons. The van der Waals surface area contributed by atoms with Crippen molar-refractivity contribution in [3.63, 3.8) is 0 Å². The fourth-order valence-electron chi connectivity index (χ4n) is 3.31. The van der Waals surface area contributed by atoms with Crippen LogP contribution >= 0.6 is 22.7 Å². The number of rotatable bonds is 5. The Hall–Kier alpha value is -1.73. The van der Waals surface area contributed by atoms with Crippen molar-refractivity contribution in [1.29, 1.82) is 0 Å². The Balaban J connectivity index is 1.71. The molecule has 0 radical (unpaired) electrons. The molecule has 2 aromatic heterocycles. The number of benzene rings is 1. The summed E-state index contributed by atoms with van der Waals surface area (Å²) in [5.41, 5.74) is 4.78. The van der Waals surface area contributed by atoms with E-state index in [1.54, 1.807) is 34.8 Å². The van der Waals surface area contributed by atoms with Crippen molar-refractivity contribution in [2.75, 3.05) is 13.1 Å². The molecule has 0 atom stereocenters. The second kappa shape index (κ2) is 6.78. The highest BCUT2D eigenvalue weighted by Crippen LogP contribution is 2.50. The van der Waals surface area contributed by atoms with Crippen LogP contribution in [-0.4, -0.2) is 25.8 Å². The second-order valence-electron chi connectivity index (χ2n) is 6.04. The minimum Gasteiger partial charge on any atom is -0.207 e. The zero-order valence-electron chi connectivity index (χ0n) is 14.6. The lowest BCUT2D eigenvalue weighted by Crippen LogP contribution is -2.30. The van der Waals surface area contributed by atoms with Crippen molar-refractivity contribution in [1.82, 2.24) is 4.31 Å². The van der Waals surface area contributed by atoms with E-state index in [9.17, 15) is 8.42 Å². The van der Waals surface area contributed by atoms with Gasteiger partial charge < -0.3 is 0 Å². The van der Waals surface area contributed by atoms with E-state index < -0.39 is 10.0 Å². The van der Waals surface area contributed by atoms with Crippen LogP contribution in [0, 0.1) is 0 Å². The van der Waals surface area contributed by atoms with E-state index in [-0.39, 0.29) is 0 Å². The Kier molecular flexibility index (Phi) is 4.61. The molecule has 1 aromatic carbocycles. The average molecular weight is 402 g/mol. The third-order valence-electron chi connectivity index (χ3n) is 4.65. The summed E-state index contributed by atoms with van der Waals surface area (Å²) in [5.74, 6) is 0. The Morgan fingerprint density at radius 1 is 0.885 bits per heavy atom. The molecule has 0 N–H and O–H groups in total. The molecule has 0 bridgehead atoms. The van der Waals surface area contributed by atoms with Gasteiger partial charge in [0.2, 0.25) is 10.0 Å². The Bertz CT molecular complexity index is 1030. The standard InChI is InChI=1S/C20H19NO2S3/c1-3-21(4-2)26(22,23)15-7-5-14(6-8-15)13-18-16-9-11-24-19(16)20-17(18)10-12-25-20/h5-13H,3-4H2,1-2H3. The van der Waals surface area contributed by atoms with Gasteiger partial charge in [-0.1, -0.05) is 26.0 Å². The Labute approximate surface area is 162 Å². The molecule has 3 nitrogen and oxygen atoms in total. The van der Waals surface area contributed by atoms with Crippen LogP contribution in [-0.2, 0) is 10.0 Å². The summed E-state index contributed by atoms with van der Waals surface area (Å²) in [6.45, 7) is 4.67. The SMILES string of the molecule is CCN(CC)S(=O)(=O)c1ccc(C=C2c3ccsc3-c3sccc32)cc1. The summed E-state index contributed by atoms with van der Waals surface area (Å²) >= 11 is 3.54. The van der Waals surface area contributed by atoms with Crippen molar-refractivity contribution >= 4 is 44.3 Å². The van der Waals surface area contributed by atoms with Gasteiger partial charge in [-0.2, -0.15) is 4.31 Å². The number of thiophene rings is 2. The van der Waals surface area contributed by atoms with Crippen molar-refractivity contribution in [2.45, 2.75) is 18.7 Å². The summed E-state index contributed by atoms with van der Waals surface area (Å²) in [7, 11) is -3.41. The number of sulfonamides is 1. The van der Waals surface area contributed by atoms with Crippen molar-refractivity contribution in [3.05, 3.63) is 63.8 Å². The second-order valence-corrected chi connectivity index (χ2v) is 9.81. The van der Waals surface area contributed by atoms with Gasteiger partial charge in [0.25, 0.3) is 0 Å². The zero-order valence-corrected chi connectivity index (χ0v) is 17.0. The maximum absolute atomic E-state index is 12.6. The molecule has 0 spiro atoms. The third kappa shape index (κ3) is 2.77. The molecule has 0 unspecified atom stereocenters. The smallest absolute Gasteiger partial charge is 0.207 e. The molecule has 0 fully saturated rings. The Morgan fingerprint density at radius 2 is 1.42 bits per heavy atom. The van der Waals surface area contributed by atoms with Gasteiger partial charge in [0.1, 0.15) is 0 Å². The van der Waals surface area contributed by atoms with Gasteiger partial charge in [-0.25, -0.2) is 8.42 Å². The first-order valence-electron chi connectivity index (χ1n) is 8.54. The third-order valence-corrected chi connectivity index (χ3v) is 8.71. The summed E-state index contributed by atoms with van der Waals surface area (Å²) in [4.78, 5) is 3.02. The molecular formula is C20H19NO2S3. The van der Waals surface area contributed by atoms with E-state index in [1.807, 2.05) is 26.0 Å². The molecule has 2 heterocycles. The summed E-state index contributed by atoms with van der Waals surface area (Å²) in [6.07, 6.45) is 2.15. The van der Waals surface area contributed by atoms with E-state index in [2.05, 4.69) is 29.0 Å². The first-order valence-corrected chi connectivity index (χ1v) is 11.7. The van der Waals surface area contributed by atoms with Crippen LogP contribution in [0.2, 0.25) is 0 Å². The van der Waals surface area contributed by atoms with Crippen molar-refractivity contribution in [2.24, 2.45) is 0 Å². The van der Waals surface area contributed by atoms with Gasteiger partial charge in [-0.15, -0.1) is 22.7 Å². The quantitative estimate of drug-likeness (QED) is 0.448. The van der Waals surface area contributed by atoms with E-state index in [1.165, 1.54) is 30.8 Å².